The third-order valence-corrected chi connectivity index (χ3v) is 11.2. The van der Waals surface area contributed by atoms with Crippen molar-refractivity contribution in [2.24, 2.45) is 17.8 Å². The van der Waals surface area contributed by atoms with Crippen molar-refractivity contribution in [1.82, 2.24) is 20.2 Å². The van der Waals surface area contributed by atoms with E-state index >= 15 is 0 Å². The highest BCUT2D eigenvalue weighted by atomic mass is 32.1. The molecule has 1 saturated heterocycles. The smallest absolute Gasteiger partial charge is 0.262 e. The maximum Gasteiger partial charge on any atom is 0.262 e. The average Bonchev–Trinajstić information content (AvgIpc) is 3.56. The third kappa shape index (κ3) is 8.21. The summed E-state index contributed by atoms with van der Waals surface area (Å²) in [6.45, 7) is 7.71. The van der Waals surface area contributed by atoms with E-state index in [1.807, 2.05) is 48.8 Å². The van der Waals surface area contributed by atoms with Gasteiger partial charge in [-0.1, -0.05) is 75.7 Å². The van der Waals surface area contributed by atoms with Crippen LogP contribution in [0.2, 0.25) is 0 Å². The van der Waals surface area contributed by atoms with Crippen molar-refractivity contribution in [2.75, 3.05) is 19.7 Å². The van der Waals surface area contributed by atoms with Gasteiger partial charge in [-0.05, 0) is 78.7 Å². The quantitative estimate of drug-likeness (QED) is 0.163. The minimum Gasteiger partial charge on any atom is -0.396 e. The number of nitrogens with one attached hydrogen (secondary N) is 1. The Balaban J connectivity index is 1.10. The third-order valence-electron chi connectivity index (χ3n) is 10.1. The molecule has 2 fully saturated rings. The van der Waals surface area contributed by atoms with Gasteiger partial charge in [0.2, 0.25) is 5.91 Å². The van der Waals surface area contributed by atoms with Crippen LogP contribution in [0.4, 0.5) is 0 Å². The number of nitrogens with zero attached hydrogens (tertiary/aromatic N) is 3. The second-order valence-electron chi connectivity index (χ2n) is 14.1. The fourth-order valence-corrected chi connectivity index (χ4v) is 8.15. The molecule has 0 bridgehead atoms. The molecule has 0 radical (unpaired) electrons. The molecule has 4 aromatic rings. The minimum absolute atomic E-state index is 0.0609. The lowest BCUT2D eigenvalue weighted by Gasteiger charge is -2.40. The highest BCUT2D eigenvalue weighted by Gasteiger charge is 2.35. The van der Waals surface area contributed by atoms with Gasteiger partial charge in [-0.3, -0.25) is 9.59 Å². The Hall–Kier alpha value is -3.88. The fraction of sp³-hybridized carbons (Fsp3) is 0.450. The van der Waals surface area contributed by atoms with Crippen LogP contribution in [0.25, 0.3) is 22.5 Å². The van der Waals surface area contributed by atoms with Crippen molar-refractivity contribution in [3.8, 4) is 22.5 Å². The standard InChI is InChI=1S/C40H48N4O3S/c1-4-27-5-9-30(10-6-27)31-13-15-32(16-14-31)34-21-41-38(42-22-34)33-11-7-28(8-12-33)20-36(40(47)44-23-29(24-44)25-45)43-39(46)37-18-17-35(48-37)19-26(2)3/h7-8,11-18,21-22,26-27,29-30,36,45H,4-6,9-10,19-20,23-25H2,1-3H3,(H,43,46)/t27?,30?,36-/m0/s1. The van der Waals surface area contributed by atoms with Gasteiger partial charge in [-0.2, -0.15) is 0 Å². The van der Waals surface area contributed by atoms with E-state index in [0.29, 0.717) is 42.0 Å². The van der Waals surface area contributed by atoms with Crippen molar-refractivity contribution in [3.05, 3.63) is 93.9 Å². The summed E-state index contributed by atoms with van der Waals surface area (Å²) >= 11 is 1.48. The SMILES string of the molecule is CCC1CCC(c2ccc(-c3cnc(-c4ccc(C[C@H](NC(=O)c5ccc(CC(C)C)s5)C(=O)N5CC(CO)C5)cc4)nc3)cc2)CC1. The van der Waals surface area contributed by atoms with E-state index in [1.54, 1.807) is 4.90 Å². The van der Waals surface area contributed by atoms with E-state index in [0.717, 1.165) is 39.5 Å². The van der Waals surface area contributed by atoms with E-state index in [-0.39, 0.29) is 24.3 Å². The summed E-state index contributed by atoms with van der Waals surface area (Å²) in [4.78, 5) is 39.6. The molecular formula is C40H48N4O3S. The monoisotopic (exact) mass is 664 g/mol. The number of benzene rings is 2. The zero-order valence-corrected chi connectivity index (χ0v) is 29.2. The predicted molar refractivity (Wildman–Crippen MR) is 193 cm³/mol. The molecule has 2 aromatic carbocycles. The Kier molecular flexibility index (Phi) is 11.0. The number of carbonyl (C=O) groups excluding carboxylic acids is 2. The molecule has 0 unspecified atom stereocenters. The van der Waals surface area contributed by atoms with E-state index in [2.05, 4.69) is 60.3 Å². The molecule has 3 heterocycles. The summed E-state index contributed by atoms with van der Waals surface area (Å²) in [5.41, 5.74) is 5.37. The Labute approximate surface area is 288 Å². The first-order valence-corrected chi connectivity index (χ1v) is 18.4. The van der Waals surface area contributed by atoms with Crippen LogP contribution >= 0.6 is 11.3 Å². The number of carbonyl (C=O) groups is 2. The van der Waals surface area contributed by atoms with E-state index in [9.17, 15) is 14.7 Å². The first-order chi connectivity index (χ1) is 23.3. The van der Waals surface area contributed by atoms with Gasteiger partial charge in [0.05, 0.1) is 4.88 Å². The Morgan fingerprint density at radius 3 is 2.15 bits per heavy atom. The first-order valence-electron chi connectivity index (χ1n) is 17.6. The maximum absolute atomic E-state index is 13.5. The highest BCUT2D eigenvalue weighted by Crippen LogP contribution is 2.37. The van der Waals surface area contributed by atoms with Crippen LogP contribution < -0.4 is 5.32 Å². The Morgan fingerprint density at radius 2 is 1.52 bits per heavy atom. The molecule has 1 aliphatic heterocycles. The molecule has 252 valence electrons. The van der Waals surface area contributed by atoms with Crippen LogP contribution in [0.3, 0.4) is 0 Å². The molecule has 48 heavy (non-hydrogen) atoms. The molecule has 2 N–H and O–H groups in total. The van der Waals surface area contributed by atoms with Gasteiger partial charge in [0, 0.05) is 60.4 Å². The van der Waals surface area contributed by atoms with Crippen LogP contribution in [-0.4, -0.2) is 57.5 Å². The second-order valence-corrected chi connectivity index (χ2v) is 15.3. The second kappa shape index (κ2) is 15.6. The largest absolute Gasteiger partial charge is 0.396 e. The van der Waals surface area contributed by atoms with Gasteiger partial charge >= 0.3 is 0 Å². The first kappa shape index (κ1) is 34.0. The molecule has 7 nitrogen and oxygen atoms in total. The van der Waals surface area contributed by atoms with Gasteiger partial charge in [-0.25, -0.2) is 9.97 Å². The van der Waals surface area contributed by atoms with Gasteiger partial charge < -0.3 is 15.3 Å². The molecule has 6 rings (SSSR count). The zero-order valence-electron chi connectivity index (χ0n) is 28.4. The number of hydrogen-bond donors (Lipinski definition) is 2. The van der Waals surface area contributed by atoms with Crippen LogP contribution in [0.5, 0.6) is 0 Å². The molecule has 1 atom stereocenters. The van der Waals surface area contributed by atoms with Crippen LogP contribution in [0.1, 0.15) is 84.5 Å². The molecule has 8 heteroatoms. The lowest BCUT2D eigenvalue weighted by Crippen LogP contribution is -2.58. The van der Waals surface area contributed by atoms with Crippen molar-refractivity contribution in [2.45, 2.75) is 77.7 Å². The molecule has 1 saturated carbocycles. The average molecular weight is 665 g/mol. The lowest BCUT2D eigenvalue weighted by molar-refractivity contribution is -0.140. The zero-order chi connectivity index (χ0) is 33.6. The van der Waals surface area contributed by atoms with E-state index in [4.69, 9.17) is 0 Å². The summed E-state index contributed by atoms with van der Waals surface area (Å²) < 4.78 is 0. The van der Waals surface area contributed by atoms with Crippen LogP contribution in [-0.2, 0) is 17.6 Å². The van der Waals surface area contributed by atoms with Crippen LogP contribution in [0.15, 0.2) is 73.1 Å². The number of thiophene rings is 1. The molecule has 0 spiro atoms. The van der Waals surface area contributed by atoms with E-state index in [1.165, 1.54) is 49.0 Å². The van der Waals surface area contributed by atoms with Gasteiger partial charge in [0.15, 0.2) is 5.82 Å². The topological polar surface area (TPSA) is 95.4 Å². The number of hydrogen-bond acceptors (Lipinski definition) is 6. The van der Waals surface area contributed by atoms with Crippen molar-refractivity contribution in [1.29, 1.82) is 0 Å². The number of amides is 2. The van der Waals surface area contributed by atoms with E-state index < -0.39 is 6.04 Å². The summed E-state index contributed by atoms with van der Waals surface area (Å²) in [5, 5.41) is 12.5. The number of aliphatic hydroxyl groups is 1. The minimum atomic E-state index is -0.702. The molecular weight excluding hydrogens is 617 g/mol. The molecule has 2 aromatic heterocycles. The predicted octanol–water partition coefficient (Wildman–Crippen LogP) is 7.55. The lowest BCUT2D eigenvalue weighted by atomic mass is 9.78. The van der Waals surface area contributed by atoms with Crippen molar-refractivity contribution in [3.63, 3.8) is 0 Å². The normalized spacial score (nSPS) is 18.8. The fourth-order valence-electron chi connectivity index (χ4n) is 7.03. The van der Waals surface area contributed by atoms with Gasteiger partial charge in [-0.15, -0.1) is 11.3 Å². The molecule has 1 aliphatic carbocycles. The van der Waals surface area contributed by atoms with Gasteiger partial charge in [0.1, 0.15) is 6.04 Å². The Morgan fingerprint density at radius 1 is 0.854 bits per heavy atom. The summed E-state index contributed by atoms with van der Waals surface area (Å²) in [5.74, 6) is 2.47. The Bertz CT molecular complexity index is 1650. The number of aromatic nitrogens is 2. The van der Waals surface area contributed by atoms with Crippen molar-refractivity contribution >= 4 is 23.2 Å². The summed E-state index contributed by atoms with van der Waals surface area (Å²) in [6.07, 6.45) is 11.6. The highest BCUT2D eigenvalue weighted by molar-refractivity contribution is 7.14. The summed E-state index contributed by atoms with van der Waals surface area (Å²) in [6, 6.07) is 20.0. The number of rotatable bonds is 12. The summed E-state index contributed by atoms with van der Waals surface area (Å²) in [7, 11) is 0. The molecule has 2 aliphatic rings. The maximum atomic E-state index is 13.5. The van der Waals surface area contributed by atoms with Gasteiger partial charge in [0.25, 0.3) is 5.91 Å². The van der Waals surface area contributed by atoms with Crippen LogP contribution in [0, 0.1) is 17.8 Å². The van der Waals surface area contributed by atoms with Crippen molar-refractivity contribution < 1.29 is 14.7 Å². The molecule has 2 amide bonds. The number of likely N-dealkylation sites (tertiary alicyclic amines) is 1. The number of aliphatic hydroxyl groups excluding tert-OH is 1.